The Hall–Kier alpha value is -2.32. The van der Waals surface area contributed by atoms with E-state index >= 15 is 0 Å². The molecule has 2 aromatic carbocycles. The van der Waals surface area contributed by atoms with Gasteiger partial charge >= 0.3 is 0 Å². The van der Waals surface area contributed by atoms with E-state index in [1.807, 2.05) is 58.0 Å². The average molecular weight is 399 g/mol. The molecule has 4 N–H and O–H groups in total. The molecule has 1 fully saturated rings. The molecule has 0 aliphatic carbocycles. The zero-order chi connectivity index (χ0) is 21.3. The fraction of sp³-hybridized carbons (Fsp3) is 0.455. The summed E-state index contributed by atoms with van der Waals surface area (Å²) in [6, 6.07) is 9.70. The first-order valence-corrected chi connectivity index (χ1v) is 9.74. The Morgan fingerprint density at radius 2 is 1.45 bits per heavy atom. The van der Waals surface area contributed by atoms with E-state index in [-0.39, 0.29) is 0 Å². The number of azo groups is 1. The van der Waals surface area contributed by atoms with Crippen LogP contribution in [0.1, 0.15) is 29.2 Å². The van der Waals surface area contributed by atoms with Crippen LogP contribution in [0.3, 0.4) is 0 Å². The van der Waals surface area contributed by atoms with E-state index in [9.17, 15) is 15.3 Å². The third-order valence-corrected chi connectivity index (χ3v) is 5.53. The SMILES string of the molecule is Cc1ccc(N=Nc2cc(C)c(C)cc2NC2OC(C)C(O)C(O)C2O)cc1C. The highest BCUT2D eigenvalue weighted by molar-refractivity contribution is 5.68. The van der Waals surface area contributed by atoms with Crippen molar-refractivity contribution in [2.45, 2.75) is 65.3 Å². The summed E-state index contributed by atoms with van der Waals surface area (Å²) in [6.45, 7) is 9.69. The summed E-state index contributed by atoms with van der Waals surface area (Å²) in [4.78, 5) is 0. The minimum atomic E-state index is -1.30. The van der Waals surface area contributed by atoms with Gasteiger partial charge in [-0.15, -0.1) is 5.11 Å². The van der Waals surface area contributed by atoms with Gasteiger partial charge in [-0.05, 0) is 81.1 Å². The second-order valence-corrected chi connectivity index (χ2v) is 7.80. The molecule has 7 heteroatoms. The van der Waals surface area contributed by atoms with Crippen LogP contribution in [0.4, 0.5) is 17.1 Å². The Bertz CT molecular complexity index is 915. The molecule has 5 atom stereocenters. The van der Waals surface area contributed by atoms with Crippen LogP contribution in [-0.4, -0.2) is 46.0 Å². The second-order valence-electron chi connectivity index (χ2n) is 7.80. The van der Waals surface area contributed by atoms with Gasteiger partial charge in [0.1, 0.15) is 24.0 Å². The number of nitrogens with one attached hydrogen (secondary N) is 1. The van der Waals surface area contributed by atoms with Gasteiger partial charge in [0.25, 0.3) is 0 Å². The van der Waals surface area contributed by atoms with Crippen LogP contribution in [0.2, 0.25) is 0 Å². The number of rotatable bonds is 4. The lowest BCUT2D eigenvalue weighted by Gasteiger charge is -2.40. The van der Waals surface area contributed by atoms with Crippen LogP contribution < -0.4 is 5.32 Å². The van der Waals surface area contributed by atoms with Crippen LogP contribution in [-0.2, 0) is 4.74 Å². The Balaban J connectivity index is 1.89. The molecule has 1 aliphatic rings. The Labute approximate surface area is 171 Å². The Kier molecular flexibility index (Phi) is 6.33. The molecule has 0 amide bonds. The van der Waals surface area contributed by atoms with E-state index in [2.05, 4.69) is 15.5 Å². The molecule has 3 rings (SSSR count). The van der Waals surface area contributed by atoms with Crippen LogP contribution in [0.5, 0.6) is 0 Å². The van der Waals surface area contributed by atoms with Crippen molar-refractivity contribution in [2.24, 2.45) is 10.2 Å². The van der Waals surface area contributed by atoms with Gasteiger partial charge in [0.15, 0.2) is 6.23 Å². The lowest BCUT2D eigenvalue weighted by Crippen LogP contribution is -2.58. The third-order valence-electron chi connectivity index (χ3n) is 5.53. The number of aryl methyl sites for hydroxylation is 4. The number of ether oxygens (including phenoxy) is 1. The van der Waals surface area contributed by atoms with E-state index in [0.717, 1.165) is 22.4 Å². The Morgan fingerprint density at radius 1 is 0.793 bits per heavy atom. The number of hydrogen-bond acceptors (Lipinski definition) is 7. The number of aliphatic hydroxyl groups is 3. The van der Waals surface area contributed by atoms with Crippen LogP contribution >= 0.6 is 0 Å². The summed E-state index contributed by atoms with van der Waals surface area (Å²) in [7, 11) is 0. The zero-order valence-corrected chi connectivity index (χ0v) is 17.4. The highest BCUT2D eigenvalue weighted by Crippen LogP contribution is 2.33. The van der Waals surface area contributed by atoms with E-state index in [1.165, 1.54) is 5.56 Å². The second kappa shape index (κ2) is 8.59. The minimum absolute atomic E-state index is 0.593. The van der Waals surface area contributed by atoms with Crippen LogP contribution in [0.25, 0.3) is 0 Å². The molecule has 0 spiro atoms. The molecular weight excluding hydrogens is 370 g/mol. The molecule has 5 unspecified atom stereocenters. The first-order valence-electron chi connectivity index (χ1n) is 9.74. The number of aliphatic hydroxyl groups excluding tert-OH is 3. The Morgan fingerprint density at radius 3 is 2.14 bits per heavy atom. The molecule has 0 bridgehead atoms. The maximum Gasteiger partial charge on any atom is 0.157 e. The molecule has 156 valence electrons. The molecule has 2 aromatic rings. The van der Waals surface area contributed by atoms with Crippen molar-refractivity contribution < 1.29 is 20.1 Å². The summed E-state index contributed by atoms with van der Waals surface area (Å²) < 4.78 is 5.66. The number of hydrogen-bond donors (Lipinski definition) is 4. The largest absolute Gasteiger partial charge is 0.388 e. The zero-order valence-electron chi connectivity index (χ0n) is 17.4. The fourth-order valence-corrected chi connectivity index (χ4v) is 3.22. The van der Waals surface area contributed by atoms with Crippen molar-refractivity contribution in [1.82, 2.24) is 0 Å². The first kappa shape index (κ1) is 21.4. The maximum atomic E-state index is 10.3. The third kappa shape index (κ3) is 4.64. The highest BCUT2D eigenvalue weighted by atomic mass is 16.5. The number of benzene rings is 2. The smallest absolute Gasteiger partial charge is 0.157 e. The van der Waals surface area contributed by atoms with Gasteiger partial charge in [-0.1, -0.05) is 6.07 Å². The van der Waals surface area contributed by atoms with Crippen LogP contribution in [0.15, 0.2) is 40.6 Å². The molecule has 0 aromatic heterocycles. The molecular formula is C22H29N3O4. The summed E-state index contributed by atoms with van der Waals surface area (Å²) in [5, 5.41) is 42.1. The molecule has 1 saturated heterocycles. The molecule has 0 radical (unpaired) electrons. The fourth-order valence-electron chi connectivity index (χ4n) is 3.22. The predicted octanol–water partition coefficient (Wildman–Crippen LogP) is 3.58. The van der Waals surface area contributed by atoms with Crippen molar-refractivity contribution >= 4 is 17.1 Å². The summed E-state index contributed by atoms with van der Waals surface area (Å²) in [5.41, 5.74) is 6.39. The quantitative estimate of drug-likeness (QED) is 0.588. The van der Waals surface area contributed by atoms with Gasteiger partial charge in [-0.3, -0.25) is 0 Å². The van der Waals surface area contributed by atoms with Crippen molar-refractivity contribution in [2.75, 3.05) is 5.32 Å². The predicted molar refractivity (Wildman–Crippen MR) is 112 cm³/mol. The summed E-state index contributed by atoms with van der Waals surface area (Å²) in [5.74, 6) is 0. The topological polar surface area (TPSA) is 107 Å². The minimum Gasteiger partial charge on any atom is -0.388 e. The monoisotopic (exact) mass is 399 g/mol. The first-order chi connectivity index (χ1) is 13.7. The van der Waals surface area contributed by atoms with Crippen molar-refractivity contribution in [3.63, 3.8) is 0 Å². The van der Waals surface area contributed by atoms with Crippen molar-refractivity contribution in [1.29, 1.82) is 0 Å². The van der Waals surface area contributed by atoms with E-state index in [4.69, 9.17) is 4.74 Å². The average Bonchev–Trinajstić information content (AvgIpc) is 2.68. The molecule has 1 aliphatic heterocycles. The van der Waals surface area contributed by atoms with Gasteiger partial charge in [0.05, 0.1) is 17.5 Å². The number of nitrogens with zero attached hydrogens (tertiary/aromatic N) is 2. The van der Waals surface area contributed by atoms with Crippen LogP contribution in [0, 0.1) is 27.7 Å². The van der Waals surface area contributed by atoms with E-state index < -0.39 is 30.6 Å². The molecule has 0 saturated carbocycles. The lowest BCUT2D eigenvalue weighted by atomic mass is 9.98. The van der Waals surface area contributed by atoms with Gasteiger partial charge in [0.2, 0.25) is 0 Å². The number of anilines is 1. The van der Waals surface area contributed by atoms with Gasteiger partial charge in [-0.25, -0.2) is 0 Å². The van der Waals surface area contributed by atoms with Gasteiger partial charge in [0, 0.05) is 0 Å². The maximum absolute atomic E-state index is 10.3. The van der Waals surface area contributed by atoms with Crippen molar-refractivity contribution in [3.05, 3.63) is 52.6 Å². The molecule has 29 heavy (non-hydrogen) atoms. The summed E-state index contributed by atoms with van der Waals surface area (Å²) >= 11 is 0. The standard InChI is InChI=1S/C22H29N3O4/c1-11-6-7-16(8-12(11)2)24-25-18-10-14(4)13(3)9-17(18)23-22-21(28)20(27)19(26)15(5)29-22/h6-10,15,19-23,26-28H,1-5H3. The normalized spacial score (nSPS) is 27.4. The highest BCUT2D eigenvalue weighted by Gasteiger charge is 2.41. The molecule has 1 heterocycles. The van der Waals surface area contributed by atoms with Gasteiger partial charge < -0.3 is 25.4 Å². The van der Waals surface area contributed by atoms with E-state index in [1.54, 1.807) is 6.92 Å². The van der Waals surface area contributed by atoms with E-state index in [0.29, 0.717) is 11.4 Å². The van der Waals surface area contributed by atoms with Gasteiger partial charge in [-0.2, -0.15) is 5.11 Å². The molecule has 7 nitrogen and oxygen atoms in total. The van der Waals surface area contributed by atoms with Crippen molar-refractivity contribution in [3.8, 4) is 0 Å². The lowest BCUT2D eigenvalue weighted by molar-refractivity contribution is -0.209. The summed E-state index contributed by atoms with van der Waals surface area (Å²) in [6.07, 6.45) is -5.25.